The van der Waals surface area contributed by atoms with Crippen molar-refractivity contribution in [2.45, 2.75) is 6.18 Å². The lowest BCUT2D eigenvalue weighted by Gasteiger charge is -2.13. The molecule has 11 heteroatoms. The highest BCUT2D eigenvalue weighted by Crippen LogP contribution is 2.33. The van der Waals surface area contributed by atoms with Gasteiger partial charge < -0.3 is 19.8 Å². The van der Waals surface area contributed by atoms with Crippen LogP contribution in [0.1, 0.15) is 36.6 Å². The molecule has 0 aliphatic carbocycles. The van der Waals surface area contributed by atoms with E-state index in [9.17, 15) is 32.3 Å². The van der Waals surface area contributed by atoms with E-state index in [2.05, 4.69) is 19.8 Å². The number of carbonyl (C=O) groups is 3. The Labute approximate surface area is 177 Å². The normalized spacial score (nSPS) is 11.2. The first-order chi connectivity index (χ1) is 15.1. The second-order valence-electron chi connectivity index (χ2n) is 6.46. The Hall–Kier alpha value is -4.15. The van der Waals surface area contributed by atoms with Gasteiger partial charge >= 0.3 is 18.1 Å². The summed E-state index contributed by atoms with van der Waals surface area (Å²) in [5.41, 5.74) is -3.26. The maximum Gasteiger partial charge on any atom is 0.418 e. The molecule has 3 rings (SSSR count). The summed E-state index contributed by atoms with van der Waals surface area (Å²) in [6.07, 6.45) is -3.87. The standard InChI is InChI=1S/C21H15F3N2O6/c1-31-19(29)10-6-7-11(20(30)32-2)15(8-10)26-18(28)13-9-25-16-12(17(13)27)4-3-5-14(16)21(22,23)24/h3-9H,1-2H3,(H,25,27)(H,26,28). The molecule has 0 bridgehead atoms. The number of hydrogen-bond acceptors (Lipinski definition) is 6. The maximum atomic E-state index is 13.2. The van der Waals surface area contributed by atoms with Crippen LogP contribution in [0.25, 0.3) is 10.9 Å². The van der Waals surface area contributed by atoms with E-state index in [1.54, 1.807) is 0 Å². The molecule has 8 nitrogen and oxygen atoms in total. The van der Waals surface area contributed by atoms with E-state index in [1.807, 2.05) is 0 Å². The van der Waals surface area contributed by atoms with Crippen LogP contribution in [-0.4, -0.2) is 37.0 Å². The van der Waals surface area contributed by atoms with Crippen LogP contribution in [0.5, 0.6) is 0 Å². The molecular weight excluding hydrogens is 433 g/mol. The average Bonchev–Trinajstić information content (AvgIpc) is 2.77. The largest absolute Gasteiger partial charge is 0.465 e. The lowest BCUT2D eigenvalue weighted by Crippen LogP contribution is -2.24. The number of esters is 2. The van der Waals surface area contributed by atoms with Gasteiger partial charge in [0.1, 0.15) is 5.56 Å². The molecule has 1 amide bonds. The van der Waals surface area contributed by atoms with Crippen LogP contribution in [0.4, 0.5) is 18.9 Å². The number of rotatable bonds is 4. The second-order valence-corrected chi connectivity index (χ2v) is 6.46. The van der Waals surface area contributed by atoms with Crippen LogP contribution in [0.15, 0.2) is 47.4 Å². The van der Waals surface area contributed by atoms with Gasteiger partial charge in [-0.1, -0.05) is 6.07 Å². The number of fused-ring (bicyclic) bond motifs is 1. The average molecular weight is 448 g/mol. The Morgan fingerprint density at radius 3 is 2.28 bits per heavy atom. The topological polar surface area (TPSA) is 115 Å². The summed E-state index contributed by atoms with van der Waals surface area (Å²) < 4.78 is 48.8. The molecule has 3 aromatic rings. The molecule has 0 aliphatic rings. The Morgan fingerprint density at radius 1 is 0.969 bits per heavy atom. The van der Waals surface area contributed by atoms with E-state index in [4.69, 9.17) is 0 Å². The van der Waals surface area contributed by atoms with Crippen LogP contribution < -0.4 is 10.7 Å². The van der Waals surface area contributed by atoms with Crippen molar-refractivity contribution >= 4 is 34.4 Å². The van der Waals surface area contributed by atoms with Gasteiger partial charge in [-0.2, -0.15) is 13.2 Å². The van der Waals surface area contributed by atoms with Crippen molar-refractivity contribution in [2.24, 2.45) is 0 Å². The van der Waals surface area contributed by atoms with E-state index in [-0.39, 0.29) is 22.2 Å². The highest BCUT2D eigenvalue weighted by atomic mass is 19.4. The summed E-state index contributed by atoms with van der Waals surface area (Å²) in [6, 6.07) is 6.64. The van der Waals surface area contributed by atoms with E-state index in [0.717, 1.165) is 44.7 Å². The third kappa shape index (κ3) is 4.17. The molecule has 0 unspecified atom stereocenters. The summed E-state index contributed by atoms with van der Waals surface area (Å²) >= 11 is 0. The number of anilines is 1. The molecule has 32 heavy (non-hydrogen) atoms. The van der Waals surface area contributed by atoms with Gasteiger partial charge in [0.15, 0.2) is 0 Å². The smallest absolute Gasteiger partial charge is 0.418 e. The Kier molecular flexibility index (Phi) is 6.01. The van der Waals surface area contributed by atoms with Gasteiger partial charge in [-0.05, 0) is 30.3 Å². The van der Waals surface area contributed by atoms with Crippen molar-refractivity contribution in [1.29, 1.82) is 0 Å². The third-order valence-corrected chi connectivity index (χ3v) is 4.56. The predicted octanol–water partition coefficient (Wildman–Crippen LogP) is 3.37. The monoisotopic (exact) mass is 448 g/mol. The van der Waals surface area contributed by atoms with Crippen LogP contribution in [0.2, 0.25) is 0 Å². The van der Waals surface area contributed by atoms with Crippen LogP contribution in [0.3, 0.4) is 0 Å². The molecule has 166 valence electrons. The zero-order valence-electron chi connectivity index (χ0n) is 16.6. The Bertz CT molecular complexity index is 1300. The molecule has 1 heterocycles. The fraction of sp³-hybridized carbons (Fsp3) is 0.143. The number of methoxy groups -OCH3 is 2. The van der Waals surface area contributed by atoms with Crippen LogP contribution in [0, 0.1) is 0 Å². The molecule has 2 aromatic carbocycles. The minimum absolute atomic E-state index is 0.00214. The van der Waals surface area contributed by atoms with Crippen LogP contribution in [-0.2, 0) is 15.7 Å². The molecule has 2 N–H and O–H groups in total. The number of amides is 1. The molecule has 0 fully saturated rings. The van der Waals surface area contributed by atoms with Gasteiger partial charge in [0.05, 0.1) is 42.1 Å². The Balaban J connectivity index is 2.07. The molecule has 1 aromatic heterocycles. The van der Waals surface area contributed by atoms with Gasteiger partial charge in [-0.3, -0.25) is 9.59 Å². The molecule has 0 atom stereocenters. The SMILES string of the molecule is COC(=O)c1ccc(C(=O)OC)c(NC(=O)c2c[nH]c3c(C(F)(F)F)cccc3c2=O)c1. The first-order valence-electron chi connectivity index (χ1n) is 8.92. The molecule has 0 spiro atoms. The van der Waals surface area contributed by atoms with E-state index in [1.165, 1.54) is 12.1 Å². The zero-order valence-corrected chi connectivity index (χ0v) is 16.6. The number of benzene rings is 2. The molecule has 0 saturated carbocycles. The van der Waals surface area contributed by atoms with Crippen molar-refractivity contribution in [3.63, 3.8) is 0 Å². The van der Waals surface area contributed by atoms with Crippen molar-refractivity contribution in [3.8, 4) is 0 Å². The van der Waals surface area contributed by atoms with Gasteiger partial charge in [-0.25, -0.2) is 9.59 Å². The lowest BCUT2D eigenvalue weighted by atomic mass is 10.1. The van der Waals surface area contributed by atoms with Gasteiger partial charge in [0.2, 0.25) is 5.43 Å². The number of pyridine rings is 1. The first kappa shape index (κ1) is 22.5. The summed E-state index contributed by atoms with van der Waals surface area (Å²) in [5.74, 6) is -2.60. The van der Waals surface area contributed by atoms with Crippen molar-refractivity contribution in [3.05, 3.63) is 75.1 Å². The molecular formula is C21H15F3N2O6. The molecule has 0 saturated heterocycles. The molecule has 0 radical (unpaired) electrons. The zero-order chi connectivity index (χ0) is 23.6. The highest BCUT2D eigenvalue weighted by molar-refractivity contribution is 6.09. The number of aromatic amines is 1. The number of carbonyl (C=O) groups excluding carboxylic acids is 3. The number of nitrogens with one attached hydrogen (secondary N) is 2. The number of aromatic nitrogens is 1. The van der Waals surface area contributed by atoms with Gasteiger partial charge in [0.25, 0.3) is 5.91 Å². The van der Waals surface area contributed by atoms with Crippen LogP contribution >= 0.6 is 0 Å². The number of ether oxygens (including phenoxy) is 2. The second kappa shape index (κ2) is 8.53. The summed E-state index contributed by atoms with van der Waals surface area (Å²) in [5, 5.41) is 1.98. The van der Waals surface area contributed by atoms with Crippen molar-refractivity contribution in [2.75, 3.05) is 19.5 Å². The summed E-state index contributed by atoms with van der Waals surface area (Å²) in [4.78, 5) is 51.6. The van der Waals surface area contributed by atoms with Crippen molar-refractivity contribution < 1.29 is 37.0 Å². The Morgan fingerprint density at radius 2 is 1.66 bits per heavy atom. The minimum Gasteiger partial charge on any atom is -0.465 e. The highest BCUT2D eigenvalue weighted by Gasteiger charge is 2.33. The fourth-order valence-corrected chi connectivity index (χ4v) is 3.03. The predicted molar refractivity (Wildman–Crippen MR) is 107 cm³/mol. The third-order valence-electron chi connectivity index (χ3n) is 4.56. The fourth-order valence-electron chi connectivity index (χ4n) is 3.03. The number of H-pyrrole nitrogens is 1. The van der Waals surface area contributed by atoms with Gasteiger partial charge in [-0.15, -0.1) is 0 Å². The number of para-hydroxylation sites is 1. The number of hydrogen-bond donors (Lipinski definition) is 2. The van der Waals surface area contributed by atoms with Gasteiger partial charge in [0, 0.05) is 11.6 Å². The van der Waals surface area contributed by atoms with E-state index in [0.29, 0.717) is 0 Å². The van der Waals surface area contributed by atoms with E-state index < -0.39 is 46.1 Å². The number of alkyl halides is 3. The van der Waals surface area contributed by atoms with E-state index >= 15 is 0 Å². The lowest BCUT2D eigenvalue weighted by molar-refractivity contribution is -0.136. The van der Waals surface area contributed by atoms with Crippen molar-refractivity contribution in [1.82, 2.24) is 4.98 Å². The first-order valence-corrected chi connectivity index (χ1v) is 8.92. The number of halogens is 3. The molecule has 0 aliphatic heterocycles. The minimum atomic E-state index is -4.71. The summed E-state index contributed by atoms with van der Waals surface area (Å²) in [6.45, 7) is 0. The summed E-state index contributed by atoms with van der Waals surface area (Å²) in [7, 11) is 2.24. The quantitative estimate of drug-likeness (QED) is 0.592. The maximum absolute atomic E-state index is 13.2.